The average molecular weight is 404 g/mol. The summed E-state index contributed by atoms with van der Waals surface area (Å²) in [5.41, 5.74) is 4.07. The first-order valence-electron chi connectivity index (χ1n) is 10.2. The maximum absolute atomic E-state index is 12.9. The molecule has 4 aromatic carbocycles. The molecule has 0 radical (unpaired) electrons. The lowest BCUT2D eigenvalue weighted by Gasteiger charge is -2.13. The van der Waals surface area contributed by atoms with E-state index in [4.69, 9.17) is 4.74 Å². The second-order valence-corrected chi connectivity index (χ2v) is 7.74. The fourth-order valence-corrected chi connectivity index (χ4v) is 4.06. The van der Waals surface area contributed by atoms with Crippen molar-refractivity contribution in [2.45, 2.75) is 13.5 Å². The van der Waals surface area contributed by atoms with E-state index in [-0.39, 0.29) is 17.1 Å². The molecule has 0 aliphatic heterocycles. The van der Waals surface area contributed by atoms with Gasteiger partial charge in [0.2, 0.25) is 0 Å². The van der Waals surface area contributed by atoms with Gasteiger partial charge in [-0.25, -0.2) is 0 Å². The summed E-state index contributed by atoms with van der Waals surface area (Å²) in [6.07, 6.45) is 1.69. The molecule has 0 unspecified atom stereocenters. The zero-order valence-corrected chi connectivity index (χ0v) is 17.1. The van der Waals surface area contributed by atoms with Gasteiger partial charge in [0.25, 0.3) is 0 Å². The number of benzene rings is 4. The van der Waals surface area contributed by atoms with Gasteiger partial charge in [-0.05, 0) is 35.4 Å². The summed E-state index contributed by atoms with van der Waals surface area (Å²) in [7, 11) is 0. The summed E-state index contributed by atoms with van der Waals surface area (Å²) in [6, 6.07) is 26.9. The molecule has 0 heterocycles. The van der Waals surface area contributed by atoms with Crippen LogP contribution in [0, 0.1) is 6.92 Å². The van der Waals surface area contributed by atoms with Crippen LogP contribution in [0.3, 0.4) is 0 Å². The molecule has 1 aliphatic carbocycles. The van der Waals surface area contributed by atoms with E-state index in [2.05, 4.69) is 6.07 Å². The number of rotatable bonds is 4. The molecule has 150 valence electrons. The van der Waals surface area contributed by atoms with Crippen LogP contribution < -0.4 is 4.74 Å². The molecule has 3 heteroatoms. The Morgan fingerprint density at radius 1 is 0.774 bits per heavy atom. The monoisotopic (exact) mass is 404 g/mol. The molecule has 0 saturated heterocycles. The molecule has 3 nitrogen and oxygen atoms in total. The first kappa shape index (κ1) is 19.0. The number of hydrogen-bond donors (Lipinski definition) is 0. The summed E-state index contributed by atoms with van der Waals surface area (Å²) < 4.78 is 6.18. The van der Waals surface area contributed by atoms with E-state index in [1.165, 1.54) is 5.56 Å². The second kappa shape index (κ2) is 7.69. The Hall–Kier alpha value is -3.98. The van der Waals surface area contributed by atoms with Gasteiger partial charge in [-0.3, -0.25) is 9.59 Å². The van der Waals surface area contributed by atoms with Gasteiger partial charge in [0, 0.05) is 16.7 Å². The molecule has 0 aromatic heterocycles. The van der Waals surface area contributed by atoms with Crippen LogP contribution in [0.2, 0.25) is 0 Å². The molecule has 0 bridgehead atoms. The zero-order valence-electron chi connectivity index (χ0n) is 17.1. The zero-order chi connectivity index (χ0) is 21.4. The number of fused-ring (bicyclic) bond motifs is 2. The van der Waals surface area contributed by atoms with Crippen LogP contribution in [0.5, 0.6) is 5.75 Å². The average Bonchev–Trinajstić information content (AvgIpc) is 3.03. The largest absolute Gasteiger partial charge is 0.488 e. The minimum Gasteiger partial charge on any atom is -0.488 e. The Morgan fingerprint density at radius 2 is 1.48 bits per heavy atom. The highest BCUT2D eigenvalue weighted by Crippen LogP contribution is 2.34. The number of carbonyl (C=O) groups is 2. The SMILES string of the molecule is Cc1cccc(COc2ccc3ccccc3c2C=C2C(=O)c3ccccc3C2=O)c1. The summed E-state index contributed by atoms with van der Waals surface area (Å²) >= 11 is 0. The molecule has 5 rings (SSSR count). The van der Waals surface area contributed by atoms with E-state index >= 15 is 0 Å². The smallest absolute Gasteiger partial charge is 0.197 e. The Kier molecular flexibility index (Phi) is 4.72. The van der Waals surface area contributed by atoms with Gasteiger partial charge in [0.15, 0.2) is 11.6 Å². The number of allylic oxidation sites excluding steroid dienone is 1. The normalized spacial score (nSPS) is 12.9. The van der Waals surface area contributed by atoms with Crippen molar-refractivity contribution in [3.8, 4) is 5.75 Å². The van der Waals surface area contributed by atoms with Crippen LogP contribution in [0.1, 0.15) is 37.4 Å². The van der Waals surface area contributed by atoms with Crippen molar-refractivity contribution in [2.75, 3.05) is 0 Å². The van der Waals surface area contributed by atoms with E-state index in [0.717, 1.165) is 21.9 Å². The number of carbonyl (C=O) groups excluding carboxylic acids is 2. The first-order chi connectivity index (χ1) is 15.1. The number of ether oxygens (including phenoxy) is 1. The van der Waals surface area contributed by atoms with Crippen molar-refractivity contribution in [3.63, 3.8) is 0 Å². The van der Waals surface area contributed by atoms with Crippen molar-refractivity contribution in [3.05, 3.63) is 118 Å². The van der Waals surface area contributed by atoms with Crippen LogP contribution in [0.25, 0.3) is 16.8 Å². The topological polar surface area (TPSA) is 43.4 Å². The Balaban J connectivity index is 1.60. The van der Waals surface area contributed by atoms with Crippen LogP contribution >= 0.6 is 0 Å². The fraction of sp³-hybridized carbons (Fsp3) is 0.0714. The predicted octanol–water partition coefficient (Wildman–Crippen LogP) is 6.19. The van der Waals surface area contributed by atoms with E-state index in [1.807, 2.05) is 61.5 Å². The van der Waals surface area contributed by atoms with E-state index in [0.29, 0.717) is 23.5 Å². The van der Waals surface area contributed by atoms with Gasteiger partial charge < -0.3 is 4.74 Å². The number of ketones is 2. The van der Waals surface area contributed by atoms with Crippen LogP contribution in [-0.4, -0.2) is 11.6 Å². The molecular formula is C28H20O3. The van der Waals surface area contributed by atoms with Crippen LogP contribution in [-0.2, 0) is 6.61 Å². The molecule has 1 aliphatic rings. The quantitative estimate of drug-likeness (QED) is 0.301. The summed E-state index contributed by atoms with van der Waals surface area (Å²) in [6.45, 7) is 2.45. The third-order valence-electron chi connectivity index (χ3n) is 5.60. The molecule has 0 saturated carbocycles. The van der Waals surface area contributed by atoms with Gasteiger partial charge in [-0.15, -0.1) is 0 Å². The summed E-state index contributed by atoms with van der Waals surface area (Å²) in [5.74, 6) is 0.167. The van der Waals surface area contributed by atoms with E-state index < -0.39 is 0 Å². The van der Waals surface area contributed by atoms with Crippen molar-refractivity contribution < 1.29 is 14.3 Å². The molecule has 0 amide bonds. The van der Waals surface area contributed by atoms with Gasteiger partial charge in [0.1, 0.15) is 12.4 Å². The maximum atomic E-state index is 12.9. The minimum absolute atomic E-state index is 0.179. The third kappa shape index (κ3) is 3.44. The van der Waals surface area contributed by atoms with Crippen LogP contribution in [0.15, 0.2) is 90.5 Å². The number of hydrogen-bond acceptors (Lipinski definition) is 3. The minimum atomic E-state index is -0.238. The maximum Gasteiger partial charge on any atom is 0.197 e. The lowest BCUT2D eigenvalue weighted by atomic mass is 9.99. The highest BCUT2D eigenvalue weighted by Gasteiger charge is 2.32. The molecule has 31 heavy (non-hydrogen) atoms. The third-order valence-corrected chi connectivity index (χ3v) is 5.60. The summed E-state index contributed by atoms with van der Waals surface area (Å²) in [4.78, 5) is 25.9. The molecule has 0 N–H and O–H groups in total. The molecule has 0 atom stereocenters. The lowest BCUT2D eigenvalue weighted by molar-refractivity contribution is 0.0990. The van der Waals surface area contributed by atoms with Crippen molar-refractivity contribution >= 4 is 28.4 Å². The highest BCUT2D eigenvalue weighted by atomic mass is 16.5. The van der Waals surface area contributed by atoms with E-state index in [9.17, 15) is 9.59 Å². The predicted molar refractivity (Wildman–Crippen MR) is 123 cm³/mol. The Morgan fingerprint density at radius 3 is 2.23 bits per heavy atom. The highest BCUT2D eigenvalue weighted by molar-refractivity contribution is 6.41. The van der Waals surface area contributed by atoms with E-state index in [1.54, 1.807) is 30.3 Å². The van der Waals surface area contributed by atoms with Gasteiger partial charge >= 0.3 is 0 Å². The fourth-order valence-electron chi connectivity index (χ4n) is 4.06. The van der Waals surface area contributed by atoms with Crippen molar-refractivity contribution in [1.82, 2.24) is 0 Å². The standard InChI is InChI=1S/C28H20O3/c1-18-7-6-8-19(15-18)17-31-26-14-13-20-9-2-3-10-21(20)24(26)16-25-27(29)22-11-4-5-12-23(22)28(25)30/h2-16H,17H2,1H3. The van der Waals surface area contributed by atoms with Gasteiger partial charge in [-0.2, -0.15) is 0 Å². The number of aryl methyl sites for hydroxylation is 1. The van der Waals surface area contributed by atoms with Crippen molar-refractivity contribution in [1.29, 1.82) is 0 Å². The molecular weight excluding hydrogens is 384 g/mol. The van der Waals surface area contributed by atoms with Crippen molar-refractivity contribution in [2.24, 2.45) is 0 Å². The molecule has 0 fully saturated rings. The molecule has 0 spiro atoms. The van der Waals surface area contributed by atoms with Gasteiger partial charge in [-0.1, -0.05) is 84.4 Å². The number of Topliss-reactive ketones (excluding diaryl/α,β-unsaturated/α-hetero) is 2. The lowest BCUT2D eigenvalue weighted by Crippen LogP contribution is -2.02. The summed E-state index contributed by atoms with van der Waals surface area (Å²) in [5, 5.41) is 1.96. The molecule has 4 aromatic rings. The Labute approximate surface area is 180 Å². The van der Waals surface area contributed by atoms with Gasteiger partial charge in [0.05, 0.1) is 5.57 Å². The first-order valence-corrected chi connectivity index (χ1v) is 10.2. The van der Waals surface area contributed by atoms with Crippen LogP contribution in [0.4, 0.5) is 0 Å². The Bertz CT molecular complexity index is 1340. The second-order valence-electron chi connectivity index (χ2n) is 7.74.